The van der Waals surface area contributed by atoms with E-state index in [9.17, 15) is 4.79 Å². The molecule has 0 aliphatic carbocycles. The van der Waals surface area contributed by atoms with E-state index in [1.54, 1.807) is 38.1 Å². The number of nitrogens with two attached hydrogens (primary N) is 1. The van der Waals surface area contributed by atoms with Crippen molar-refractivity contribution in [3.63, 3.8) is 0 Å². The van der Waals surface area contributed by atoms with Crippen molar-refractivity contribution in [1.29, 1.82) is 5.26 Å². The van der Waals surface area contributed by atoms with Crippen molar-refractivity contribution in [3.8, 4) is 6.07 Å². The highest BCUT2D eigenvalue weighted by atomic mass is 16.6. The van der Waals surface area contributed by atoms with Gasteiger partial charge in [0.05, 0.1) is 17.0 Å². The predicted octanol–water partition coefficient (Wildman–Crippen LogP) is 2.93. The molecule has 0 heterocycles. The van der Waals surface area contributed by atoms with Gasteiger partial charge in [-0.2, -0.15) is 5.26 Å². The highest BCUT2D eigenvalue weighted by Gasteiger charge is 2.38. The van der Waals surface area contributed by atoms with Crippen LogP contribution in [0.1, 0.15) is 51.8 Å². The van der Waals surface area contributed by atoms with E-state index in [2.05, 4.69) is 6.07 Å². The quantitative estimate of drug-likeness (QED) is 0.860. The lowest BCUT2D eigenvalue weighted by molar-refractivity contribution is -0.167. The molecule has 0 aromatic heterocycles. The molecule has 0 aliphatic heterocycles. The average molecular weight is 274 g/mol. The Labute approximate surface area is 120 Å². The molecule has 0 aliphatic rings. The van der Waals surface area contributed by atoms with Crippen molar-refractivity contribution in [2.24, 2.45) is 11.1 Å². The van der Waals surface area contributed by atoms with E-state index in [0.29, 0.717) is 5.56 Å². The molecule has 1 aromatic rings. The van der Waals surface area contributed by atoms with E-state index in [1.165, 1.54) is 0 Å². The zero-order valence-corrected chi connectivity index (χ0v) is 12.7. The molecule has 0 bridgehead atoms. The Hall–Kier alpha value is -1.86. The van der Waals surface area contributed by atoms with E-state index >= 15 is 0 Å². The highest BCUT2D eigenvalue weighted by Crippen LogP contribution is 2.34. The van der Waals surface area contributed by atoms with Crippen LogP contribution in [0.5, 0.6) is 0 Å². The highest BCUT2D eigenvalue weighted by molar-refractivity contribution is 5.77. The molecule has 0 fully saturated rings. The molecule has 0 saturated heterocycles. The number of benzene rings is 1. The van der Waals surface area contributed by atoms with Crippen LogP contribution in [0.3, 0.4) is 0 Å². The van der Waals surface area contributed by atoms with Crippen LogP contribution < -0.4 is 5.73 Å². The van der Waals surface area contributed by atoms with Crippen LogP contribution in [0.2, 0.25) is 0 Å². The maximum Gasteiger partial charge on any atom is 0.313 e. The molecular weight excluding hydrogens is 252 g/mol. The largest absolute Gasteiger partial charge is 0.460 e. The summed E-state index contributed by atoms with van der Waals surface area (Å²) in [6.07, 6.45) is 0. The zero-order chi connectivity index (χ0) is 15.6. The summed E-state index contributed by atoms with van der Waals surface area (Å²) in [5.74, 6) is -0.332. The Morgan fingerprint density at radius 3 is 2.10 bits per heavy atom. The normalized spacial score (nSPS) is 13.4. The standard InChI is InChI=1S/C16H22N2O2/c1-15(2,3)20-14(19)16(4,5)13(18)12-8-6-11(10-17)7-9-12/h6-9,13H,18H2,1-5H3. The topological polar surface area (TPSA) is 76.1 Å². The van der Waals surface area contributed by atoms with Crippen LogP contribution >= 0.6 is 0 Å². The second-order valence-electron chi connectivity index (χ2n) is 6.44. The van der Waals surface area contributed by atoms with E-state index in [-0.39, 0.29) is 5.97 Å². The first-order valence-corrected chi connectivity index (χ1v) is 6.57. The third-order valence-electron chi connectivity index (χ3n) is 3.10. The van der Waals surface area contributed by atoms with Crippen LogP contribution in [0.4, 0.5) is 0 Å². The van der Waals surface area contributed by atoms with Gasteiger partial charge in [0, 0.05) is 6.04 Å². The first-order chi connectivity index (χ1) is 9.08. The lowest BCUT2D eigenvalue weighted by atomic mass is 9.80. The Morgan fingerprint density at radius 2 is 1.70 bits per heavy atom. The van der Waals surface area contributed by atoms with Gasteiger partial charge in [-0.1, -0.05) is 12.1 Å². The molecule has 108 valence electrons. The minimum absolute atomic E-state index is 0.332. The van der Waals surface area contributed by atoms with Gasteiger partial charge in [-0.25, -0.2) is 0 Å². The van der Waals surface area contributed by atoms with Crippen molar-refractivity contribution >= 4 is 5.97 Å². The van der Waals surface area contributed by atoms with Crippen LogP contribution in [0.25, 0.3) is 0 Å². The predicted molar refractivity (Wildman–Crippen MR) is 77.7 cm³/mol. The Balaban J connectivity index is 2.95. The lowest BCUT2D eigenvalue weighted by Gasteiger charge is -2.33. The third-order valence-corrected chi connectivity index (χ3v) is 3.10. The summed E-state index contributed by atoms with van der Waals surface area (Å²) in [5, 5.41) is 8.79. The van der Waals surface area contributed by atoms with Gasteiger partial charge in [0.2, 0.25) is 0 Å². The number of ether oxygens (including phenoxy) is 1. The fourth-order valence-corrected chi connectivity index (χ4v) is 1.72. The van der Waals surface area contributed by atoms with E-state index < -0.39 is 17.1 Å². The van der Waals surface area contributed by atoms with Crippen LogP contribution in [0, 0.1) is 16.7 Å². The Bertz CT molecular complexity index is 519. The molecule has 4 heteroatoms. The van der Waals surface area contributed by atoms with E-state index in [4.69, 9.17) is 15.7 Å². The maximum atomic E-state index is 12.3. The molecule has 1 rings (SSSR count). The fraction of sp³-hybridized carbons (Fsp3) is 0.500. The smallest absolute Gasteiger partial charge is 0.313 e. The van der Waals surface area contributed by atoms with Gasteiger partial charge in [0.15, 0.2) is 0 Å². The first kappa shape index (κ1) is 16.2. The fourth-order valence-electron chi connectivity index (χ4n) is 1.72. The second-order valence-corrected chi connectivity index (χ2v) is 6.44. The Kier molecular flexibility index (Phi) is 4.57. The van der Waals surface area contributed by atoms with Crippen molar-refractivity contribution in [1.82, 2.24) is 0 Å². The van der Waals surface area contributed by atoms with Crippen molar-refractivity contribution in [2.75, 3.05) is 0 Å². The molecule has 0 amide bonds. The van der Waals surface area contributed by atoms with Gasteiger partial charge in [-0.15, -0.1) is 0 Å². The summed E-state index contributed by atoms with van der Waals surface area (Å²) in [6.45, 7) is 9.02. The number of nitriles is 1. The van der Waals surface area contributed by atoms with Gasteiger partial charge in [-0.3, -0.25) is 4.79 Å². The lowest BCUT2D eigenvalue weighted by Crippen LogP contribution is -2.41. The molecule has 0 saturated carbocycles. The second kappa shape index (κ2) is 5.64. The van der Waals surface area contributed by atoms with Crippen molar-refractivity contribution in [3.05, 3.63) is 35.4 Å². The van der Waals surface area contributed by atoms with Gasteiger partial charge >= 0.3 is 5.97 Å². The number of esters is 1. The summed E-state index contributed by atoms with van der Waals surface area (Å²) >= 11 is 0. The van der Waals surface area contributed by atoms with Gasteiger partial charge in [0.1, 0.15) is 5.60 Å². The number of rotatable bonds is 3. The monoisotopic (exact) mass is 274 g/mol. The first-order valence-electron chi connectivity index (χ1n) is 6.57. The van der Waals surface area contributed by atoms with Crippen molar-refractivity contribution in [2.45, 2.75) is 46.3 Å². The maximum absolute atomic E-state index is 12.3. The number of hydrogen-bond donors (Lipinski definition) is 1. The summed E-state index contributed by atoms with van der Waals surface area (Å²) in [4.78, 5) is 12.3. The molecule has 2 N–H and O–H groups in total. The SMILES string of the molecule is CC(C)(C)OC(=O)C(C)(C)C(N)c1ccc(C#N)cc1. The van der Waals surface area contributed by atoms with Gasteiger partial charge in [0.25, 0.3) is 0 Å². The number of carbonyl (C=O) groups excluding carboxylic acids is 1. The molecule has 1 atom stereocenters. The zero-order valence-electron chi connectivity index (χ0n) is 12.7. The molecule has 1 unspecified atom stereocenters. The van der Waals surface area contributed by atoms with E-state index in [0.717, 1.165) is 5.56 Å². The minimum Gasteiger partial charge on any atom is -0.460 e. The summed E-state index contributed by atoms with van der Waals surface area (Å²) in [5.41, 5.74) is 6.18. The minimum atomic E-state index is -0.846. The van der Waals surface area contributed by atoms with Crippen molar-refractivity contribution < 1.29 is 9.53 Å². The number of carbonyl (C=O) groups is 1. The summed E-state index contributed by atoms with van der Waals surface area (Å²) in [7, 11) is 0. The van der Waals surface area contributed by atoms with Gasteiger partial charge < -0.3 is 10.5 Å². The summed E-state index contributed by atoms with van der Waals surface area (Å²) in [6, 6.07) is 8.49. The van der Waals surface area contributed by atoms with Crippen LogP contribution in [-0.2, 0) is 9.53 Å². The molecule has 0 radical (unpaired) electrons. The summed E-state index contributed by atoms with van der Waals surface area (Å²) < 4.78 is 5.42. The Morgan fingerprint density at radius 1 is 1.20 bits per heavy atom. The molecular formula is C16H22N2O2. The van der Waals surface area contributed by atoms with Crippen LogP contribution in [0.15, 0.2) is 24.3 Å². The molecule has 4 nitrogen and oxygen atoms in total. The van der Waals surface area contributed by atoms with Crippen LogP contribution in [-0.4, -0.2) is 11.6 Å². The third kappa shape index (κ3) is 3.82. The number of hydrogen-bond acceptors (Lipinski definition) is 4. The average Bonchev–Trinajstić information content (AvgIpc) is 2.36. The number of nitrogens with zero attached hydrogens (tertiary/aromatic N) is 1. The molecule has 0 spiro atoms. The molecule has 20 heavy (non-hydrogen) atoms. The molecule has 1 aromatic carbocycles. The van der Waals surface area contributed by atoms with Gasteiger partial charge in [-0.05, 0) is 52.3 Å². The van der Waals surface area contributed by atoms with E-state index in [1.807, 2.05) is 20.8 Å².